The molecule has 0 aromatic heterocycles. The van der Waals surface area contributed by atoms with Crippen LogP contribution in [0.25, 0.3) is 0 Å². The molecular weight excluding hydrogens is 207 g/mol. The molecule has 86 valence electrons. The molecule has 0 spiro atoms. The Morgan fingerprint density at radius 3 is 2.81 bits per heavy atom. The Labute approximate surface area is 94.5 Å². The number of rotatable bonds is 4. The lowest BCUT2D eigenvalue weighted by atomic mass is 10.0. The van der Waals surface area contributed by atoms with Gasteiger partial charge >= 0.3 is 0 Å². The molecule has 0 bridgehead atoms. The third-order valence-corrected chi connectivity index (χ3v) is 2.52. The SMILES string of the molecule is CCC(C)(O)CNc1ccc(F)cc1C#N. The molecule has 3 nitrogen and oxygen atoms in total. The molecule has 1 atom stereocenters. The number of nitriles is 1. The highest BCUT2D eigenvalue weighted by molar-refractivity contribution is 5.57. The van der Waals surface area contributed by atoms with Crippen molar-refractivity contribution >= 4 is 5.69 Å². The van der Waals surface area contributed by atoms with Crippen LogP contribution in [0.4, 0.5) is 10.1 Å². The molecule has 16 heavy (non-hydrogen) atoms. The van der Waals surface area contributed by atoms with Gasteiger partial charge in [0.2, 0.25) is 0 Å². The van der Waals surface area contributed by atoms with E-state index in [0.29, 0.717) is 18.7 Å². The van der Waals surface area contributed by atoms with Crippen molar-refractivity contribution in [2.45, 2.75) is 25.9 Å². The Hall–Kier alpha value is -1.60. The first-order valence-corrected chi connectivity index (χ1v) is 5.14. The van der Waals surface area contributed by atoms with Crippen LogP contribution in [0.1, 0.15) is 25.8 Å². The van der Waals surface area contributed by atoms with Crippen molar-refractivity contribution in [1.82, 2.24) is 0 Å². The second kappa shape index (κ2) is 4.95. The lowest BCUT2D eigenvalue weighted by Crippen LogP contribution is -2.32. The van der Waals surface area contributed by atoms with Gasteiger partial charge in [-0.3, -0.25) is 0 Å². The van der Waals surface area contributed by atoms with Crippen LogP contribution in [-0.2, 0) is 0 Å². The summed E-state index contributed by atoms with van der Waals surface area (Å²) in [7, 11) is 0. The van der Waals surface area contributed by atoms with Crippen molar-refractivity contribution in [2.75, 3.05) is 11.9 Å². The van der Waals surface area contributed by atoms with Gasteiger partial charge in [-0.25, -0.2) is 4.39 Å². The molecule has 2 N–H and O–H groups in total. The minimum absolute atomic E-state index is 0.243. The second-order valence-corrected chi connectivity index (χ2v) is 4.01. The molecule has 1 unspecified atom stereocenters. The molecule has 1 aromatic carbocycles. The molecule has 0 saturated heterocycles. The second-order valence-electron chi connectivity index (χ2n) is 4.01. The number of hydrogen-bond acceptors (Lipinski definition) is 3. The van der Waals surface area contributed by atoms with Gasteiger partial charge in [0.05, 0.1) is 16.9 Å². The Morgan fingerprint density at radius 1 is 1.56 bits per heavy atom. The quantitative estimate of drug-likeness (QED) is 0.821. The first kappa shape index (κ1) is 12.5. The summed E-state index contributed by atoms with van der Waals surface area (Å²) in [4.78, 5) is 0. The number of nitrogens with one attached hydrogen (secondary N) is 1. The third-order valence-electron chi connectivity index (χ3n) is 2.52. The van der Waals surface area contributed by atoms with E-state index in [1.807, 2.05) is 13.0 Å². The van der Waals surface area contributed by atoms with E-state index in [-0.39, 0.29) is 5.56 Å². The van der Waals surface area contributed by atoms with Crippen LogP contribution in [0, 0.1) is 17.1 Å². The third kappa shape index (κ3) is 3.21. The largest absolute Gasteiger partial charge is 0.388 e. The summed E-state index contributed by atoms with van der Waals surface area (Å²) < 4.78 is 12.8. The number of benzene rings is 1. The molecular formula is C12H15FN2O. The molecule has 1 aromatic rings. The highest BCUT2D eigenvalue weighted by atomic mass is 19.1. The number of anilines is 1. The van der Waals surface area contributed by atoms with Gasteiger partial charge < -0.3 is 10.4 Å². The average molecular weight is 222 g/mol. The van der Waals surface area contributed by atoms with Gasteiger partial charge in [-0.15, -0.1) is 0 Å². The maximum atomic E-state index is 12.8. The Kier molecular flexibility index (Phi) is 3.86. The van der Waals surface area contributed by atoms with Crippen LogP contribution >= 0.6 is 0 Å². The Bertz CT molecular complexity index is 410. The van der Waals surface area contributed by atoms with Crippen molar-refractivity contribution in [2.24, 2.45) is 0 Å². The minimum Gasteiger partial charge on any atom is -0.388 e. The highest BCUT2D eigenvalue weighted by Crippen LogP contribution is 2.18. The van der Waals surface area contributed by atoms with Gasteiger partial charge in [-0.1, -0.05) is 6.92 Å². The van der Waals surface area contributed by atoms with Crippen LogP contribution in [-0.4, -0.2) is 17.3 Å². The molecule has 0 aliphatic heterocycles. The molecule has 0 radical (unpaired) electrons. The topological polar surface area (TPSA) is 56.0 Å². The summed E-state index contributed by atoms with van der Waals surface area (Å²) in [6, 6.07) is 5.86. The van der Waals surface area contributed by atoms with Crippen molar-refractivity contribution in [3.05, 3.63) is 29.6 Å². The lowest BCUT2D eigenvalue weighted by Gasteiger charge is -2.22. The summed E-state index contributed by atoms with van der Waals surface area (Å²) in [5.74, 6) is -0.440. The van der Waals surface area contributed by atoms with E-state index < -0.39 is 11.4 Å². The van der Waals surface area contributed by atoms with Crippen LogP contribution in [0.3, 0.4) is 0 Å². The summed E-state index contributed by atoms with van der Waals surface area (Å²) >= 11 is 0. The van der Waals surface area contributed by atoms with Crippen LogP contribution in [0.2, 0.25) is 0 Å². The van der Waals surface area contributed by atoms with Gasteiger partial charge in [0.1, 0.15) is 11.9 Å². The van der Waals surface area contributed by atoms with Crippen LogP contribution in [0.5, 0.6) is 0 Å². The van der Waals surface area contributed by atoms with E-state index in [9.17, 15) is 9.50 Å². The molecule has 0 fully saturated rings. The van der Waals surface area contributed by atoms with Gasteiger partial charge in [-0.05, 0) is 31.5 Å². The zero-order chi connectivity index (χ0) is 12.2. The fourth-order valence-electron chi connectivity index (χ4n) is 1.17. The van der Waals surface area contributed by atoms with Gasteiger partial charge in [0, 0.05) is 6.54 Å². The first-order chi connectivity index (χ1) is 7.48. The molecule has 4 heteroatoms. The number of nitrogens with zero attached hydrogens (tertiary/aromatic N) is 1. The molecule has 0 saturated carbocycles. The van der Waals surface area contributed by atoms with Gasteiger partial charge in [0.25, 0.3) is 0 Å². The zero-order valence-electron chi connectivity index (χ0n) is 9.42. The smallest absolute Gasteiger partial charge is 0.124 e. The highest BCUT2D eigenvalue weighted by Gasteiger charge is 2.17. The molecule has 0 amide bonds. The van der Waals surface area contributed by atoms with Crippen LogP contribution < -0.4 is 5.32 Å². The normalized spacial score (nSPS) is 13.9. The van der Waals surface area contributed by atoms with Crippen molar-refractivity contribution < 1.29 is 9.50 Å². The van der Waals surface area contributed by atoms with Crippen molar-refractivity contribution in [3.8, 4) is 6.07 Å². The van der Waals surface area contributed by atoms with Crippen molar-refractivity contribution in [3.63, 3.8) is 0 Å². The summed E-state index contributed by atoms with van der Waals surface area (Å²) in [6.07, 6.45) is 0.600. The number of halogens is 1. The molecule has 0 aliphatic carbocycles. The monoisotopic (exact) mass is 222 g/mol. The van der Waals surface area contributed by atoms with E-state index in [4.69, 9.17) is 5.26 Å². The van der Waals surface area contributed by atoms with E-state index in [1.54, 1.807) is 6.92 Å². The molecule has 0 aliphatic rings. The zero-order valence-corrected chi connectivity index (χ0v) is 9.42. The summed E-state index contributed by atoms with van der Waals surface area (Å²) in [5, 5.41) is 21.5. The van der Waals surface area contributed by atoms with Gasteiger partial charge in [0.15, 0.2) is 0 Å². The minimum atomic E-state index is -0.832. The Balaban J connectivity index is 2.79. The van der Waals surface area contributed by atoms with E-state index in [0.717, 1.165) is 0 Å². The first-order valence-electron chi connectivity index (χ1n) is 5.14. The Morgan fingerprint density at radius 2 is 2.25 bits per heavy atom. The summed E-state index contributed by atoms with van der Waals surface area (Å²) in [5.41, 5.74) is -0.0503. The average Bonchev–Trinajstić information content (AvgIpc) is 2.27. The van der Waals surface area contributed by atoms with Crippen molar-refractivity contribution in [1.29, 1.82) is 5.26 Å². The molecule has 1 rings (SSSR count). The number of hydrogen-bond donors (Lipinski definition) is 2. The van der Waals surface area contributed by atoms with Gasteiger partial charge in [-0.2, -0.15) is 5.26 Å². The van der Waals surface area contributed by atoms with E-state index in [2.05, 4.69) is 5.32 Å². The predicted molar refractivity (Wildman–Crippen MR) is 60.5 cm³/mol. The maximum absolute atomic E-state index is 12.8. The standard InChI is InChI=1S/C12H15FN2O/c1-3-12(2,16)8-15-11-5-4-10(13)6-9(11)7-14/h4-6,15-16H,3,8H2,1-2H3. The fourth-order valence-corrected chi connectivity index (χ4v) is 1.17. The van der Waals surface area contributed by atoms with E-state index in [1.165, 1.54) is 18.2 Å². The molecule has 0 heterocycles. The maximum Gasteiger partial charge on any atom is 0.124 e. The van der Waals surface area contributed by atoms with Crippen LogP contribution in [0.15, 0.2) is 18.2 Å². The predicted octanol–water partition coefficient (Wildman–Crippen LogP) is 2.27. The van der Waals surface area contributed by atoms with E-state index >= 15 is 0 Å². The number of aliphatic hydroxyl groups is 1. The fraction of sp³-hybridized carbons (Fsp3) is 0.417. The lowest BCUT2D eigenvalue weighted by molar-refractivity contribution is 0.0697. The summed E-state index contributed by atoms with van der Waals surface area (Å²) in [6.45, 7) is 3.90.